The first kappa shape index (κ1) is 18.5. The first-order chi connectivity index (χ1) is 14.1. The first-order valence-corrected chi connectivity index (χ1v) is 9.14. The molecule has 0 aliphatic carbocycles. The van der Waals surface area contributed by atoms with Crippen LogP contribution in [0.15, 0.2) is 67.3 Å². The second kappa shape index (κ2) is 8.05. The van der Waals surface area contributed by atoms with Gasteiger partial charge in [0, 0.05) is 18.3 Å². The lowest BCUT2D eigenvalue weighted by Crippen LogP contribution is -2.28. The van der Waals surface area contributed by atoms with Gasteiger partial charge in [0.05, 0.1) is 36.4 Å². The largest absolute Gasteiger partial charge is 0.350 e. The van der Waals surface area contributed by atoms with E-state index in [1.165, 1.54) is 16.9 Å². The van der Waals surface area contributed by atoms with Gasteiger partial charge in [-0.1, -0.05) is 23.8 Å². The minimum Gasteiger partial charge on any atom is -0.350 e. The second-order valence-corrected chi connectivity index (χ2v) is 6.59. The Hall–Kier alpha value is -3.81. The Labute approximate surface area is 166 Å². The molecule has 29 heavy (non-hydrogen) atoms. The number of hydrogen-bond donors (Lipinski definition) is 1. The van der Waals surface area contributed by atoms with Gasteiger partial charge in [-0.05, 0) is 36.8 Å². The molecule has 146 valence electrons. The fourth-order valence-corrected chi connectivity index (χ4v) is 3.00. The molecule has 7 nitrogen and oxygen atoms in total. The highest BCUT2D eigenvalue weighted by molar-refractivity contribution is 5.97. The molecule has 1 amide bonds. The first-order valence-electron chi connectivity index (χ1n) is 9.14. The zero-order chi connectivity index (χ0) is 20.2. The molecule has 0 saturated heterocycles. The van der Waals surface area contributed by atoms with Crippen molar-refractivity contribution in [3.63, 3.8) is 0 Å². The van der Waals surface area contributed by atoms with Gasteiger partial charge >= 0.3 is 0 Å². The molecule has 0 aliphatic rings. The van der Waals surface area contributed by atoms with Crippen molar-refractivity contribution in [1.82, 2.24) is 30.1 Å². The van der Waals surface area contributed by atoms with E-state index in [1.807, 2.05) is 31.3 Å². The highest BCUT2D eigenvalue weighted by Crippen LogP contribution is 2.18. The molecule has 0 atom stereocenters. The Morgan fingerprint density at radius 1 is 1.03 bits per heavy atom. The molecule has 4 aromatic rings. The fourth-order valence-electron chi connectivity index (χ4n) is 3.00. The Morgan fingerprint density at radius 3 is 2.55 bits per heavy atom. The van der Waals surface area contributed by atoms with Crippen LogP contribution in [0.25, 0.3) is 16.8 Å². The molecular formula is C21H19FN6O. The Balaban J connectivity index is 1.41. The van der Waals surface area contributed by atoms with Crippen molar-refractivity contribution in [2.24, 2.45) is 0 Å². The summed E-state index contributed by atoms with van der Waals surface area (Å²) in [7, 11) is 0. The zero-order valence-electron chi connectivity index (χ0n) is 15.8. The molecule has 0 bridgehead atoms. The maximum Gasteiger partial charge on any atom is 0.253 e. The van der Waals surface area contributed by atoms with E-state index in [2.05, 4.69) is 20.6 Å². The van der Waals surface area contributed by atoms with Crippen molar-refractivity contribution in [3.8, 4) is 16.8 Å². The molecule has 0 aliphatic heterocycles. The van der Waals surface area contributed by atoms with Crippen molar-refractivity contribution >= 4 is 5.91 Å². The normalized spacial score (nSPS) is 10.8. The van der Waals surface area contributed by atoms with Crippen LogP contribution in [-0.2, 0) is 6.54 Å². The number of hydrogen-bond acceptors (Lipinski definition) is 4. The number of nitrogens with zero attached hydrogens (tertiary/aromatic N) is 5. The van der Waals surface area contributed by atoms with Crippen molar-refractivity contribution in [3.05, 3.63) is 84.2 Å². The Bertz CT molecular complexity index is 1120. The quantitative estimate of drug-likeness (QED) is 0.549. The third-order valence-electron chi connectivity index (χ3n) is 4.47. The summed E-state index contributed by atoms with van der Waals surface area (Å²) >= 11 is 0. The molecule has 0 fully saturated rings. The third-order valence-corrected chi connectivity index (χ3v) is 4.47. The summed E-state index contributed by atoms with van der Waals surface area (Å²) in [4.78, 5) is 14.1. The average molecular weight is 390 g/mol. The average Bonchev–Trinajstić information content (AvgIpc) is 3.41. The highest BCUT2D eigenvalue weighted by Gasteiger charge is 2.14. The van der Waals surface area contributed by atoms with Gasteiger partial charge in [-0.3, -0.25) is 9.48 Å². The number of aromatic nitrogens is 5. The number of halogens is 1. The molecule has 4 rings (SSSR count). The molecule has 0 unspecified atom stereocenters. The Morgan fingerprint density at radius 2 is 1.79 bits per heavy atom. The van der Waals surface area contributed by atoms with E-state index >= 15 is 0 Å². The SMILES string of the molecule is Cc1ccc(-n2nccn2)c(C(=O)NCCn2cc(-c3ccc(F)cc3)cn2)c1. The van der Waals surface area contributed by atoms with E-state index in [-0.39, 0.29) is 11.7 Å². The van der Waals surface area contributed by atoms with E-state index in [0.29, 0.717) is 24.3 Å². The maximum absolute atomic E-state index is 13.1. The topological polar surface area (TPSA) is 77.6 Å². The van der Waals surface area contributed by atoms with Gasteiger partial charge in [-0.25, -0.2) is 4.39 Å². The van der Waals surface area contributed by atoms with Crippen LogP contribution >= 0.6 is 0 Å². The lowest BCUT2D eigenvalue weighted by Gasteiger charge is -2.10. The van der Waals surface area contributed by atoms with Crippen LogP contribution in [0.2, 0.25) is 0 Å². The number of rotatable bonds is 6. The number of carbonyl (C=O) groups excluding carboxylic acids is 1. The summed E-state index contributed by atoms with van der Waals surface area (Å²) in [5.74, 6) is -0.475. The lowest BCUT2D eigenvalue weighted by atomic mass is 10.1. The van der Waals surface area contributed by atoms with Crippen LogP contribution in [0.1, 0.15) is 15.9 Å². The van der Waals surface area contributed by atoms with Gasteiger partial charge in [-0.15, -0.1) is 0 Å². The molecule has 0 radical (unpaired) electrons. The molecule has 2 aromatic carbocycles. The van der Waals surface area contributed by atoms with Crippen molar-refractivity contribution < 1.29 is 9.18 Å². The van der Waals surface area contributed by atoms with Gasteiger partial charge in [-0.2, -0.15) is 20.1 Å². The van der Waals surface area contributed by atoms with E-state index < -0.39 is 0 Å². The van der Waals surface area contributed by atoms with Crippen LogP contribution in [0.4, 0.5) is 4.39 Å². The maximum atomic E-state index is 13.1. The van der Waals surface area contributed by atoms with E-state index in [0.717, 1.165) is 16.7 Å². The minimum atomic E-state index is -0.273. The predicted molar refractivity (Wildman–Crippen MR) is 106 cm³/mol. The van der Waals surface area contributed by atoms with Gasteiger partial charge in [0.25, 0.3) is 5.91 Å². The van der Waals surface area contributed by atoms with Crippen LogP contribution in [0, 0.1) is 12.7 Å². The Kier molecular flexibility index (Phi) is 5.15. The summed E-state index contributed by atoms with van der Waals surface area (Å²) in [6.07, 6.45) is 6.72. The number of amides is 1. The molecule has 2 heterocycles. The van der Waals surface area contributed by atoms with Gasteiger partial charge in [0.1, 0.15) is 5.82 Å². The number of benzene rings is 2. The van der Waals surface area contributed by atoms with Crippen molar-refractivity contribution in [1.29, 1.82) is 0 Å². The fraction of sp³-hybridized carbons (Fsp3) is 0.143. The predicted octanol–water partition coefficient (Wildman–Crippen LogP) is 3.01. The monoisotopic (exact) mass is 390 g/mol. The second-order valence-electron chi connectivity index (χ2n) is 6.59. The molecule has 8 heteroatoms. The molecule has 1 N–H and O–H groups in total. The van der Waals surface area contributed by atoms with E-state index in [9.17, 15) is 9.18 Å². The van der Waals surface area contributed by atoms with Gasteiger partial charge in [0.2, 0.25) is 0 Å². The highest BCUT2D eigenvalue weighted by atomic mass is 19.1. The molecule has 0 spiro atoms. The lowest BCUT2D eigenvalue weighted by molar-refractivity contribution is 0.0951. The molecular weight excluding hydrogens is 371 g/mol. The summed E-state index contributed by atoms with van der Waals surface area (Å²) in [5.41, 5.74) is 3.88. The minimum absolute atomic E-state index is 0.202. The summed E-state index contributed by atoms with van der Waals surface area (Å²) in [6.45, 7) is 2.84. The number of aryl methyl sites for hydroxylation is 1. The van der Waals surface area contributed by atoms with E-state index in [4.69, 9.17) is 0 Å². The number of carbonyl (C=O) groups is 1. The third kappa shape index (κ3) is 4.21. The van der Waals surface area contributed by atoms with Crippen LogP contribution in [0.3, 0.4) is 0 Å². The van der Waals surface area contributed by atoms with Crippen LogP contribution in [0.5, 0.6) is 0 Å². The van der Waals surface area contributed by atoms with Crippen LogP contribution in [-0.4, -0.2) is 37.2 Å². The van der Waals surface area contributed by atoms with E-state index in [1.54, 1.807) is 35.4 Å². The summed E-state index contributed by atoms with van der Waals surface area (Å²) < 4.78 is 14.8. The van der Waals surface area contributed by atoms with Crippen molar-refractivity contribution in [2.45, 2.75) is 13.5 Å². The van der Waals surface area contributed by atoms with Crippen molar-refractivity contribution in [2.75, 3.05) is 6.54 Å². The number of nitrogens with one attached hydrogen (secondary N) is 1. The summed E-state index contributed by atoms with van der Waals surface area (Å²) in [6, 6.07) is 11.8. The van der Waals surface area contributed by atoms with Gasteiger partial charge < -0.3 is 5.32 Å². The smallest absolute Gasteiger partial charge is 0.253 e. The summed E-state index contributed by atoms with van der Waals surface area (Å²) in [5, 5.41) is 15.4. The van der Waals surface area contributed by atoms with Crippen LogP contribution < -0.4 is 5.32 Å². The zero-order valence-corrected chi connectivity index (χ0v) is 15.8. The molecule has 2 aromatic heterocycles. The molecule has 0 saturated carbocycles. The standard InChI is InChI=1S/C21H19FN6O/c1-15-2-7-20(28-24-8-9-25-28)19(12-15)21(29)23-10-11-27-14-17(13-26-27)16-3-5-18(22)6-4-16/h2-9,12-14H,10-11H2,1H3,(H,23,29). The van der Waals surface area contributed by atoms with Gasteiger partial charge in [0.15, 0.2) is 0 Å².